The highest BCUT2D eigenvalue weighted by atomic mass is 32.2. The summed E-state index contributed by atoms with van der Waals surface area (Å²) >= 11 is 0. The third-order valence-electron chi connectivity index (χ3n) is 5.96. The van der Waals surface area contributed by atoms with E-state index in [0.717, 1.165) is 6.54 Å². The van der Waals surface area contributed by atoms with Gasteiger partial charge < -0.3 is 9.72 Å². The molecule has 0 aliphatic carbocycles. The molecule has 0 unspecified atom stereocenters. The van der Waals surface area contributed by atoms with Gasteiger partial charge in [-0.25, -0.2) is 22.0 Å². The van der Waals surface area contributed by atoms with E-state index in [1.165, 1.54) is 28.7 Å². The molecule has 2 heterocycles. The van der Waals surface area contributed by atoms with Gasteiger partial charge in [-0.3, -0.25) is 4.90 Å². The second-order valence-corrected chi connectivity index (χ2v) is 11.5. The third kappa shape index (κ3) is 4.58. The summed E-state index contributed by atoms with van der Waals surface area (Å²) < 4.78 is 58.0. The predicted octanol–water partition coefficient (Wildman–Crippen LogP) is 1.31. The molecular weight excluding hydrogens is 478 g/mol. The highest BCUT2D eigenvalue weighted by Crippen LogP contribution is 2.35. The Bertz CT molecular complexity index is 1470. The summed E-state index contributed by atoms with van der Waals surface area (Å²) in [5, 5.41) is 15.4. The molecule has 1 aromatic heterocycles. The fourth-order valence-corrected chi connectivity index (χ4v) is 6.34. The SMILES string of the molecule is COCCN1CCN(S(=O)(=O)c2ccc(S(N)(=O)=O)c(-c3cccc4c(C#N)c[nH]c34)c2)CC1. The van der Waals surface area contributed by atoms with Crippen LogP contribution in [0.1, 0.15) is 5.56 Å². The third-order valence-corrected chi connectivity index (χ3v) is 8.83. The van der Waals surface area contributed by atoms with Crippen LogP contribution in [-0.4, -0.2) is 77.5 Å². The number of hydrogen-bond donors (Lipinski definition) is 2. The van der Waals surface area contributed by atoms with Crippen molar-refractivity contribution >= 4 is 30.9 Å². The van der Waals surface area contributed by atoms with Gasteiger partial charge in [0, 0.05) is 62.5 Å². The van der Waals surface area contributed by atoms with Crippen molar-refractivity contribution in [1.82, 2.24) is 14.2 Å². The summed E-state index contributed by atoms with van der Waals surface area (Å²) in [5.41, 5.74) is 1.50. The number of aromatic amines is 1. The fourth-order valence-electron chi connectivity index (χ4n) is 4.16. The Morgan fingerprint density at radius 2 is 1.82 bits per heavy atom. The monoisotopic (exact) mass is 503 g/mol. The van der Waals surface area contributed by atoms with Gasteiger partial charge in [0.1, 0.15) is 6.07 Å². The first-order valence-electron chi connectivity index (χ1n) is 10.6. The van der Waals surface area contributed by atoms with Crippen LogP contribution in [0, 0.1) is 11.3 Å². The number of fused-ring (bicyclic) bond motifs is 1. The minimum absolute atomic E-state index is 0.0238. The lowest BCUT2D eigenvalue weighted by molar-refractivity contribution is 0.123. The van der Waals surface area contributed by atoms with Crippen LogP contribution < -0.4 is 5.14 Å². The molecule has 34 heavy (non-hydrogen) atoms. The normalized spacial score (nSPS) is 16.0. The maximum absolute atomic E-state index is 13.4. The van der Waals surface area contributed by atoms with Gasteiger partial charge in [-0.1, -0.05) is 18.2 Å². The van der Waals surface area contributed by atoms with Crippen molar-refractivity contribution in [3.63, 3.8) is 0 Å². The molecular formula is C22H25N5O5S2. The van der Waals surface area contributed by atoms with Gasteiger partial charge in [0.25, 0.3) is 0 Å². The first-order chi connectivity index (χ1) is 16.2. The molecule has 1 saturated heterocycles. The van der Waals surface area contributed by atoms with Crippen molar-refractivity contribution in [3.05, 3.63) is 48.2 Å². The Balaban J connectivity index is 1.77. The Kier molecular flexibility index (Phi) is 6.77. The van der Waals surface area contributed by atoms with Crippen molar-refractivity contribution in [2.75, 3.05) is 46.4 Å². The lowest BCUT2D eigenvalue weighted by Gasteiger charge is -2.33. The van der Waals surface area contributed by atoms with E-state index < -0.39 is 20.0 Å². The van der Waals surface area contributed by atoms with Gasteiger partial charge in [0.2, 0.25) is 20.0 Å². The van der Waals surface area contributed by atoms with Gasteiger partial charge in [-0.05, 0) is 18.2 Å². The molecule has 3 aromatic rings. The van der Waals surface area contributed by atoms with Crippen molar-refractivity contribution in [3.8, 4) is 17.2 Å². The number of ether oxygens (including phenoxy) is 1. The molecule has 0 spiro atoms. The number of nitrogens with two attached hydrogens (primary N) is 1. The van der Waals surface area contributed by atoms with Crippen molar-refractivity contribution in [2.24, 2.45) is 5.14 Å². The Morgan fingerprint density at radius 3 is 2.47 bits per heavy atom. The summed E-state index contributed by atoms with van der Waals surface area (Å²) in [5.74, 6) is 0. The standard InChI is InChI=1S/C22H25N5O5S2/c1-32-12-11-26-7-9-27(10-8-26)34(30,31)17-5-6-21(33(24,28)29)20(13-17)19-4-2-3-18-16(14-23)15-25-22(18)19/h2-6,13,15,25H,7-12H2,1H3,(H2,24,28,29). The first kappa shape index (κ1) is 24.3. The smallest absolute Gasteiger partial charge is 0.243 e. The minimum Gasteiger partial charge on any atom is -0.383 e. The molecule has 12 heteroatoms. The van der Waals surface area contributed by atoms with E-state index in [4.69, 9.17) is 9.88 Å². The molecule has 0 bridgehead atoms. The maximum atomic E-state index is 13.4. The van der Waals surface area contributed by atoms with Gasteiger partial charge in [0.05, 0.1) is 27.5 Å². The highest BCUT2D eigenvalue weighted by molar-refractivity contribution is 7.89. The molecule has 0 radical (unpaired) electrons. The van der Waals surface area contributed by atoms with Crippen LogP contribution in [0.4, 0.5) is 0 Å². The molecule has 1 aliphatic rings. The largest absolute Gasteiger partial charge is 0.383 e. The van der Waals surface area contributed by atoms with E-state index in [-0.39, 0.29) is 15.4 Å². The number of rotatable bonds is 7. The maximum Gasteiger partial charge on any atom is 0.243 e. The van der Waals surface area contributed by atoms with Crippen molar-refractivity contribution in [2.45, 2.75) is 9.79 Å². The van der Waals surface area contributed by atoms with Crippen LogP contribution in [0.25, 0.3) is 22.0 Å². The van der Waals surface area contributed by atoms with Crippen LogP contribution in [0.3, 0.4) is 0 Å². The Morgan fingerprint density at radius 1 is 1.09 bits per heavy atom. The molecule has 1 aliphatic heterocycles. The molecule has 0 atom stereocenters. The van der Waals surface area contributed by atoms with Gasteiger partial charge in [0.15, 0.2) is 0 Å². The molecule has 10 nitrogen and oxygen atoms in total. The lowest BCUT2D eigenvalue weighted by Crippen LogP contribution is -2.49. The average molecular weight is 504 g/mol. The fraction of sp³-hybridized carbons (Fsp3) is 0.318. The lowest BCUT2D eigenvalue weighted by atomic mass is 10.0. The number of nitriles is 1. The van der Waals surface area contributed by atoms with Crippen LogP contribution in [-0.2, 0) is 24.8 Å². The van der Waals surface area contributed by atoms with Crippen LogP contribution >= 0.6 is 0 Å². The minimum atomic E-state index is -4.16. The molecule has 0 saturated carbocycles. The Labute approximate surface area is 198 Å². The van der Waals surface area contributed by atoms with E-state index in [9.17, 15) is 22.1 Å². The number of piperazine rings is 1. The number of aromatic nitrogens is 1. The number of nitrogens with one attached hydrogen (secondary N) is 1. The molecule has 180 valence electrons. The summed E-state index contributed by atoms with van der Waals surface area (Å²) in [6, 6.07) is 11.0. The average Bonchev–Trinajstić information content (AvgIpc) is 3.25. The predicted molar refractivity (Wildman–Crippen MR) is 127 cm³/mol. The number of para-hydroxylation sites is 1. The zero-order chi connectivity index (χ0) is 24.5. The van der Waals surface area contributed by atoms with E-state index in [0.29, 0.717) is 54.8 Å². The number of methoxy groups -OCH3 is 1. The molecule has 2 aromatic carbocycles. The number of primary sulfonamides is 1. The zero-order valence-electron chi connectivity index (χ0n) is 18.6. The number of nitrogens with zero attached hydrogens (tertiary/aromatic N) is 3. The summed E-state index contributed by atoms with van der Waals surface area (Å²) in [6.45, 7) is 3.07. The van der Waals surface area contributed by atoms with Crippen LogP contribution in [0.5, 0.6) is 0 Å². The van der Waals surface area contributed by atoms with E-state index >= 15 is 0 Å². The second kappa shape index (κ2) is 9.46. The molecule has 4 rings (SSSR count). The quantitative estimate of drug-likeness (QED) is 0.493. The van der Waals surface area contributed by atoms with Gasteiger partial charge in [-0.15, -0.1) is 0 Å². The number of hydrogen-bond acceptors (Lipinski definition) is 7. The van der Waals surface area contributed by atoms with Crippen LogP contribution in [0.15, 0.2) is 52.4 Å². The molecule has 1 fully saturated rings. The number of sulfonamides is 2. The van der Waals surface area contributed by atoms with Crippen LogP contribution in [0.2, 0.25) is 0 Å². The molecule has 3 N–H and O–H groups in total. The topological polar surface area (TPSA) is 150 Å². The van der Waals surface area contributed by atoms with Crippen molar-refractivity contribution in [1.29, 1.82) is 5.26 Å². The Hall–Kier alpha value is -2.79. The molecule has 0 amide bonds. The van der Waals surface area contributed by atoms with Crippen molar-refractivity contribution < 1.29 is 21.6 Å². The van der Waals surface area contributed by atoms with E-state index in [1.54, 1.807) is 25.3 Å². The number of benzene rings is 2. The summed E-state index contributed by atoms with van der Waals surface area (Å²) in [6.07, 6.45) is 1.52. The van der Waals surface area contributed by atoms with E-state index in [2.05, 4.69) is 16.0 Å². The first-order valence-corrected chi connectivity index (χ1v) is 13.5. The van der Waals surface area contributed by atoms with Gasteiger partial charge >= 0.3 is 0 Å². The summed E-state index contributed by atoms with van der Waals surface area (Å²) in [7, 11) is -6.41. The second-order valence-electron chi connectivity index (χ2n) is 7.98. The van der Waals surface area contributed by atoms with Gasteiger partial charge in [-0.2, -0.15) is 9.57 Å². The van der Waals surface area contributed by atoms with E-state index in [1.807, 2.05) is 0 Å². The zero-order valence-corrected chi connectivity index (χ0v) is 20.2. The highest BCUT2D eigenvalue weighted by Gasteiger charge is 2.30. The summed E-state index contributed by atoms with van der Waals surface area (Å²) in [4.78, 5) is 4.90. The number of H-pyrrole nitrogens is 1.